The van der Waals surface area contributed by atoms with E-state index in [4.69, 9.17) is 5.11 Å². The first kappa shape index (κ1) is 12.7. The second kappa shape index (κ2) is 5.77. The summed E-state index contributed by atoms with van der Waals surface area (Å²) in [5.41, 5.74) is 0. The van der Waals surface area contributed by atoms with Crippen molar-refractivity contribution in [3.05, 3.63) is 0 Å². The number of hydrogen-bond donors (Lipinski definition) is 2. The van der Waals surface area contributed by atoms with Crippen molar-refractivity contribution < 1.29 is 36.3 Å². The number of hydrogen-bond acceptors (Lipinski definition) is 3. The van der Waals surface area contributed by atoms with Crippen LogP contribution in [0.15, 0.2) is 0 Å². The first-order valence-electron chi connectivity index (χ1n) is 2.77. The molecule has 0 aromatic rings. The average Bonchev–Trinajstić information content (AvgIpc) is 2.12. The number of aliphatic carboxylic acids is 1. The molecular weight excluding hydrogens is 187 g/mol. The Hall–Kier alpha value is 0.0134. The Morgan fingerprint density at radius 2 is 2.30 bits per heavy atom. The van der Waals surface area contributed by atoms with Crippen molar-refractivity contribution >= 4 is 5.97 Å². The summed E-state index contributed by atoms with van der Waals surface area (Å²) in [6.45, 7) is 0.858. The van der Waals surface area contributed by atoms with Gasteiger partial charge in [-0.3, -0.25) is 4.79 Å². The fraction of sp³-hybridized carbons (Fsp3) is 0.800. The Kier molecular flexibility index (Phi) is 7.31. The van der Waals surface area contributed by atoms with Crippen LogP contribution < -0.4 is 5.32 Å². The quantitative estimate of drug-likeness (QED) is 0.570. The zero-order valence-corrected chi connectivity index (χ0v) is 8.68. The van der Waals surface area contributed by atoms with Crippen LogP contribution in [0.3, 0.4) is 0 Å². The van der Waals surface area contributed by atoms with Crippen LogP contribution in [-0.2, 0) is 24.3 Å². The molecule has 0 aromatic carbocycles. The molecule has 0 aliphatic carbocycles. The summed E-state index contributed by atoms with van der Waals surface area (Å²) in [5, 5.41) is 11.2. The van der Waals surface area contributed by atoms with Gasteiger partial charge >= 0.3 is 25.4 Å². The van der Waals surface area contributed by atoms with Crippen molar-refractivity contribution in [2.45, 2.75) is 18.9 Å². The van der Waals surface area contributed by atoms with Crippen LogP contribution in [0.4, 0.5) is 0 Å². The van der Waals surface area contributed by atoms with Crippen LogP contribution in [0.5, 0.6) is 0 Å². The molecule has 1 aliphatic rings. The number of rotatable bonds is 1. The van der Waals surface area contributed by atoms with Crippen molar-refractivity contribution in [2.75, 3.05) is 6.54 Å². The topological polar surface area (TPSA) is 79.3 Å². The third-order valence-corrected chi connectivity index (χ3v) is 1.36. The van der Waals surface area contributed by atoms with Crippen LogP contribution in [0, 0.1) is 0 Å². The molecule has 0 amide bonds. The van der Waals surface area contributed by atoms with Gasteiger partial charge in [0.25, 0.3) is 0 Å². The number of carbonyl (C=O) groups is 1. The van der Waals surface area contributed by atoms with E-state index in [1.807, 2.05) is 0 Å². The van der Waals surface area contributed by atoms with Gasteiger partial charge in [-0.1, -0.05) is 0 Å². The Balaban J connectivity index is -0.000000213. The summed E-state index contributed by atoms with van der Waals surface area (Å²) in [4.78, 5) is 10.1. The van der Waals surface area contributed by atoms with Crippen molar-refractivity contribution in [1.82, 2.24) is 5.32 Å². The fourth-order valence-corrected chi connectivity index (χ4v) is 0.895. The van der Waals surface area contributed by atoms with E-state index in [0.29, 0.717) is 0 Å². The first-order valence-corrected chi connectivity index (χ1v) is 2.77. The maximum atomic E-state index is 10.1. The second-order valence-corrected chi connectivity index (χ2v) is 1.99. The van der Waals surface area contributed by atoms with E-state index in [1.54, 1.807) is 0 Å². The average molecular weight is 199 g/mol. The molecule has 1 heterocycles. The summed E-state index contributed by atoms with van der Waals surface area (Å²) in [5.74, 6) is -0.720. The van der Waals surface area contributed by atoms with E-state index in [-0.39, 0.29) is 32.4 Å². The summed E-state index contributed by atoms with van der Waals surface area (Å²) >= 11 is 0. The number of carboxylic acids is 1. The Morgan fingerprint density at radius 3 is 2.50 bits per heavy atom. The summed E-state index contributed by atoms with van der Waals surface area (Å²) in [6.07, 6.45) is 1.78. The molecule has 3 N–H and O–H groups in total. The molecule has 1 fully saturated rings. The third kappa shape index (κ3) is 3.25. The van der Waals surface area contributed by atoms with E-state index >= 15 is 0 Å². The molecule has 4 nitrogen and oxygen atoms in total. The molecule has 5 heteroatoms. The molecule has 1 rings (SSSR count). The van der Waals surface area contributed by atoms with Gasteiger partial charge in [-0.05, 0) is 19.4 Å². The maximum Gasteiger partial charge on any atom is 2.00 e. The predicted octanol–water partition coefficient (Wildman–Crippen LogP) is -0.244. The zero-order valence-electron chi connectivity index (χ0n) is 6.71. The molecule has 1 aliphatic heterocycles. The van der Waals surface area contributed by atoms with Crippen molar-refractivity contribution in [2.24, 2.45) is 0 Å². The van der Waals surface area contributed by atoms with E-state index in [0.717, 1.165) is 19.4 Å². The molecule has 0 radical (unpaired) electrons. The van der Waals surface area contributed by atoms with Crippen LogP contribution in [0.1, 0.15) is 14.3 Å². The molecule has 0 saturated carbocycles. The van der Waals surface area contributed by atoms with Gasteiger partial charge in [0.1, 0.15) is 6.04 Å². The Bertz CT molecular complexity index is 108. The van der Waals surface area contributed by atoms with Gasteiger partial charge in [-0.2, -0.15) is 0 Å². The molecule has 56 valence electrons. The maximum absolute atomic E-state index is 10.1. The van der Waals surface area contributed by atoms with Crippen molar-refractivity contribution in [1.29, 1.82) is 0 Å². The summed E-state index contributed by atoms with van der Waals surface area (Å²) < 4.78 is 0. The van der Waals surface area contributed by atoms with Crippen molar-refractivity contribution in [3.8, 4) is 0 Å². The summed E-state index contributed by atoms with van der Waals surface area (Å²) in [6, 6.07) is -0.269. The molecule has 1 atom stereocenters. The van der Waals surface area contributed by atoms with Crippen LogP contribution in [-0.4, -0.2) is 29.1 Å². The SMILES string of the molecule is O=C(O)[C@@H]1CCCN1.[H-].[OH-].[Zn+2]. The molecule has 10 heavy (non-hydrogen) atoms. The number of nitrogens with one attached hydrogen (secondary N) is 1. The van der Waals surface area contributed by atoms with Gasteiger partial charge in [-0.15, -0.1) is 0 Å². The first-order chi connectivity index (χ1) is 3.80. The minimum absolute atomic E-state index is 0. The monoisotopic (exact) mass is 197 g/mol. The summed E-state index contributed by atoms with van der Waals surface area (Å²) in [7, 11) is 0. The van der Waals surface area contributed by atoms with Gasteiger partial charge in [-0.25, -0.2) is 0 Å². The largest absolute Gasteiger partial charge is 2.00 e. The van der Waals surface area contributed by atoms with Crippen LogP contribution >= 0.6 is 0 Å². The molecule has 0 unspecified atom stereocenters. The standard InChI is InChI=1S/C5H9NO2.H2O.Zn.H/c7-5(8)4-2-1-3-6-4;;;/h4,6H,1-3H2,(H,7,8);1H2;;/q;;+2;-1/p-1/t4-;;;/m0.../s1. The van der Waals surface area contributed by atoms with Gasteiger partial charge in [0.05, 0.1) is 0 Å². The Morgan fingerprint density at radius 1 is 1.70 bits per heavy atom. The molecule has 0 aromatic heterocycles. The van der Waals surface area contributed by atoms with Gasteiger partial charge in [0.2, 0.25) is 0 Å². The predicted molar refractivity (Wildman–Crippen MR) is 31.7 cm³/mol. The fourth-order valence-electron chi connectivity index (χ4n) is 0.895. The van der Waals surface area contributed by atoms with Gasteiger partial charge in [0, 0.05) is 0 Å². The molecule has 1 saturated heterocycles. The zero-order chi connectivity index (χ0) is 5.98. The van der Waals surface area contributed by atoms with E-state index in [1.165, 1.54) is 0 Å². The number of carboxylic acid groups (broad SMARTS) is 1. The van der Waals surface area contributed by atoms with Gasteiger partial charge in [0.15, 0.2) is 0 Å². The van der Waals surface area contributed by atoms with E-state index in [2.05, 4.69) is 5.32 Å². The smallest absolute Gasteiger partial charge is 1.00 e. The van der Waals surface area contributed by atoms with Crippen LogP contribution in [0.2, 0.25) is 0 Å². The van der Waals surface area contributed by atoms with Gasteiger partial charge < -0.3 is 17.3 Å². The molecule has 0 bridgehead atoms. The molecular formula is C5H11NO3Zn. The Labute approximate surface area is 73.5 Å². The molecule has 0 spiro atoms. The minimum atomic E-state index is -0.720. The normalized spacial score (nSPS) is 22.6. The van der Waals surface area contributed by atoms with E-state index < -0.39 is 5.97 Å². The second-order valence-electron chi connectivity index (χ2n) is 1.99. The third-order valence-electron chi connectivity index (χ3n) is 1.36. The van der Waals surface area contributed by atoms with Crippen LogP contribution in [0.25, 0.3) is 0 Å². The van der Waals surface area contributed by atoms with E-state index in [9.17, 15) is 4.79 Å². The minimum Gasteiger partial charge on any atom is -1.00 e. The van der Waals surface area contributed by atoms with Crippen molar-refractivity contribution in [3.63, 3.8) is 0 Å².